The van der Waals surface area contributed by atoms with Crippen molar-refractivity contribution in [2.45, 2.75) is 19.6 Å². The van der Waals surface area contributed by atoms with Gasteiger partial charge in [0.15, 0.2) is 5.69 Å². The van der Waals surface area contributed by atoms with Crippen molar-refractivity contribution in [1.29, 1.82) is 0 Å². The molecule has 0 aliphatic heterocycles. The fourth-order valence-corrected chi connectivity index (χ4v) is 3.87. The third kappa shape index (κ3) is 7.39. The Labute approximate surface area is 255 Å². The van der Waals surface area contributed by atoms with E-state index < -0.39 is 28.7 Å². The molecular formula is C28H27ClN8O7. The third-order valence-electron chi connectivity index (χ3n) is 6.18. The summed E-state index contributed by atoms with van der Waals surface area (Å²) in [5, 5.41) is 18.5. The molecule has 1 amide bonds. The van der Waals surface area contributed by atoms with Gasteiger partial charge in [0.2, 0.25) is 0 Å². The Morgan fingerprint density at radius 1 is 0.977 bits per heavy atom. The maximum absolute atomic E-state index is 12.3. The highest BCUT2D eigenvalue weighted by Crippen LogP contribution is 2.12. The zero-order valence-corrected chi connectivity index (χ0v) is 24.0. The molecule has 7 N–H and O–H groups in total. The number of aromatic carboxylic acids is 1. The Bertz CT molecular complexity index is 1880. The maximum Gasteiger partial charge on any atom is 0.354 e. The lowest BCUT2D eigenvalue weighted by Gasteiger charge is -2.10. The number of halogens is 1. The number of fused-ring (bicyclic) bond motifs is 1. The zero-order valence-electron chi connectivity index (χ0n) is 23.1. The highest BCUT2D eigenvalue weighted by molar-refractivity contribution is 5.95. The summed E-state index contributed by atoms with van der Waals surface area (Å²) in [6.45, 7) is 1.08. The van der Waals surface area contributed by atoms with Crippen LogP contribution >= 0.6 is 12.4 Å². The summed E-state index contributed by atoms with van der Waals surface area (Å²) in [5.41, 5.74) is 12.8. The Morgan fingerprint density at radius 2 is 1.68 bits per heavy atom. The number of amides is 1. The van der Waals surface area contributed by atoms with Crippen molar-refractivity contribution in [3.05, 3.63) is 115 Å². The van der Waals surface area contributed by atoms with Gasteiger partial charge in [-0.1, -0.05) is 36.4 Å². The molecule has 5 rings (SSSR count). The number of anilines is 2. The van der Waals surface area contributed by atoms with Crippen LogP contribution in [-0.2, 0) is 24.4 Å². The van der Waals surface area contributed by atoms with Crippen LogP contribution in [-0.4, -0.2) is 49.6 Å². The number of ether oxygens (including phenoxy) is 1. The molecule has 0 saturated heterocycles. The number of nitrogens with two attached hydrogens (primary N) is 2. The van der Waals surface area contributed by atoms with E-state index in [9.17, 15) is 29.1 Å². The maximum atomic E-state index is 12.3. The zero-order chi connectivity index (χ0) is 31.1. The number of carboxylic acids is 1. The predicted molar refractivity (Wildman–Crippen MR) is 161 cm³/mol. The molecule has 0 radical (unpaired) electrons. The lowest BCUT2D eigenvalue weighted by atomic mass is 10.1. The number of benzene rings is 2. The third-order valence-corrected chi connectivity index (χ3v) is 6.18. The number of carboxylic acid groups (broad SMARTS) is 1. The van der Waals surface area contributed by atoms with Gasteiger partial charge in [0.25, 0.3) is 22.5 Å². The highest BCUT2D eigenvalue weighted by Gasteiger charge is 2.18. The number of hydrogen-bond donors (Lipinski definition) is 5. The molecule has 2 aromatic heterocycles. The normalized spacial score (nSPS) is 10.3. The van der Waals surface area contributed by atoms with Gasteiger partial charge in [0, 0.05) is 25.7 Å². The van der Waals surface area contributed by atoms with Crippen molar-refractivity contribution in [1.82, 2.24) is 24.9 Å². The van der Waals surface area contributed by atoms with E-state index in [-0.39, 0.29) is 47.5 Å². The van der Waals surface area contributed by atoms with Crippen LogP contribution < -0.4 is 33.0 Å². The number of esters is 1. The minimum atomic E-state index is -1.25. The van der Waals surface area contributed by atoms with E-state index in [0.717, 1.165) is 33.6 Å². The van der Waals surface area contributed by atoms with Crippen molar-refractivity contribution < 1.29 is 24.2 Å². The molecule has 0 unspecified atom stereocenters. The lowest BCUT2D eigenvalue weighted by Crippen LogP contribution is -2.36. The number of aromatic nitrogens is 4. The smallest absolute Gasteiger partial charge is 0.354 e. The summed E-state index contributed by atoms with van der Waals surface area (Å²) in [6, 6.07) is 15.3. The summed E-state index contributed by atoms with van der Waals surface area (Å²) in [4.78, 5) is 64.8. The molecule has 0 bridgehead atoms. The van der Waals surface area contributed by atoms with Gasteiger partial charge in [-0.2, -0.15) is 14.6 Å². The van der Waals surface area contributed by atoms with Crippen LogP contribution in [0.4, 0.5) is 11.4 Å². The number of nitrogen functional groups attached to an aromatic ring is 1. The van der Waals surface area contributed by atoms with Gasteiger partial charge in [-0.15, -0.1) is 12.4 Å². The number of carbonyl (C=O) groups is 3. The second-order valence-electron chi connectivity index (χ2n) is 9.00. The van der Waals surface area contributed by atoms with Gasteiger partial charge in [0.05, 0.1) is 12.7 Å². The Hall–Kier alpha value is -5.67. The predicted octanol–water partition coefficient (Wildman–Crippen LogP) is 0.897. The van der Waals surface area contributed by atoms with E-state index in [1.807, 2.05) is 24.3 Å². The van der Waals surface area contributed by atoms with Crippen LogP contribution in [0.2, 0.25) is 0 Å². The van der Waals surface area contributed by atoms with E-state index >= 15 is 0 Å². The Morgan fingerprint density at radius 3 is 2.32 bits per heavy atom. The summed E-state index contributed by atoms with van der Waals surface area (Å²) in [5.74, 6) is -2.25. The fraction of sp³-hybridized carbons (Fsp3) is 0.143. The molecule has 16 heteroatoms. The second-order valence-corrected chi connectivity index (χ2v) is 9.00. The van der Waals surface area contributed by atoms with Gasteiger partial charge < -0.3 is 31.9 Å². The molecule has 2 heterocycles. The van der Waals surface area contributed by atoms with Crippen molar-refractivity contribution in [2.24, 2.45) is 5.73 Å². The fourth-order valence-electron chi connectivity index (χ4n) is 3.87. The molecule has 0 spiro atoms. The molecule has 0 atom stereocenters. The largest absolute Gasteiger partial charge is 0.477 e. The van der Waals surface area contributed by atoms with E-state index in [4.69, 9.17) is 11.5 Å². The summed E-state index contributed by atoms with van der Waals surface area (Å²) < 4.78 is 5.65. The van der Waals surface area contributed by atoms with E-state index in [1.54, 1.807) is 24.3 Å². The van der Waals surface area contributed by atoms with Crippen LogP contribution in [0.15, 0.2) is 70.5 Å². The molecule has 5 aromatic rings. The first kappa shape index (κ1) is 32.8. The Balaban J connectivity index is 0.000000256. The lowest BCUT2D eigenvalue weighted by molar-refractivity contribution is 0.0599. The molecule has 15 nitrogen and oxygen atoms in total. The monoisotopic (exact) mass is 622 g/mol. The van der Waals surface area contributed by atoms with E-state index in [2.05, 4.69) is 30.4 Å². The topological polar surface area (TPSA) is 234 Å². The van der Waals surface area contributed by atoms with Crippen LogP contribution in [0.25, 0.3) is 5.78 Å². The highest BCUT2D eigenvalue weighted by atomic mass is 35.5. The number of rotatable bonds is 9. The first-order valence-corrected chi connectivity index (χ1v) is 12.6. The molecular weight excluding hydrogens is 596 g/mol. The van der Waals surface area contributed by atoms with Crippen molar-refractivity contribution in [3.63, 3.8) is 0 Å². The molecule has 0 aliphatic carbocycles. The van der Waals surface area contributed by atoms with Crippen LogP contribution in [0.1, 0.15) is 48.0 Å². The molecule has 0 aliphatic rings. The van der Waals surface area contributed by atoms with E-state index in [0.29, 0.717) is 18.7 Å². The average Bonchev–Trinajstić information content (AvgIpc) is 3.52. The van der Waals surface area contributed by atoms with Crippen molar-refractivity contribution in [3.8, 4) is 0 Å². The van der Waals surface area contributed by atoms with Gasteiger partial charge >= 0.3 is 11.9 Å². The van der Waals surface area contributed by atoms with Crippen molar-refractivity contribution in [2.75, 3.05) is 18.2 Å². The van der Waals surface area contributed by atoms with Crippen LogP contribution in [0, 0.1) is 0 Å². The number of methoxy groups -OCH3 is 1. The van der Waals surface area contributed by atoms with Crippen LogP contribution in [0.3, 0.4) is 0 Å². The number of nitrogens with zero attached hydrogens (tertiary/aromatic N) is 4. The molecule has 0 fully saturated rings. The minimum Gasteiger partial charge on any atom is -0.477 e. The first-order valence-electron chi connectivity index (χ1n) is 12.6. The summed E-state index contributed by atoms with van der Waals surface area (Å²) >= 11 is 0. The van der Waals surface area contributed by atoms with Gasteiger partial charge in [-0.25, -0.2) is 14.6 Å². The molecule has 0 saturated carbocycles. The summed E-state index contributed by atoms with van der Waals surface area (Å²) in [7, 11) is 1.29. The quantitative estimate of drug-likeness (QED) is 0.114. The van der Waals surface area contributed by atoms with Crippen LogP contribution in [0.5, 0.6) is 0 Å². The standard InChI is InChI=1S/C16H13N5O5.C12H13N3O2.ClH/c1-26-15(25)10-4-2-9(3-5-10)7-17-13(22)11-6-12(14(23)24)21-16(20-11)18-8-19-21;13-5-7-2-1-3-8(4-7)6-15-10-9(14)11(16)12(10)17;/h2-6,8H,7H2,1H3,(H,17,22)(H,23,24);1-4,15H,5-6,13-14H2;1H. The number of carbonyl (C=O) groups excluding carboxylic acids is 2. The minimum absolute atomic E-state index is 0. The average molecular weight is 623 g/mol. The van der Waals surface area contributed by atoms with Gasteiger partial charge in [-0.3, -0.25) is 14.4 Å². The second kappa shape index (κ2) is 14.5. The van der Waals surface area contributed by atoms with Gasteiger partial charge in [0.1, 0.15) is 23.4 Å². The molecule has 44 heavy (non-hydrogen) atoms. The number of nitrogens with one attached hydrogen (secondary N) is 2. The number of hydrogen-bond acceptors (Lipinski definition) is 12. The van der Waals surface area contributed by atoms with E-state index in [1.165, 1.54) is 7.11 Å². The summed E-state index contributed by atoms with van der Waals surface area (Å²) in [6.07, 6.45) is 1.15. The molecule has 228 valence electrons. The first-order chi connectivity index (χ1) is 20.6. The van der Waals surface area contributed by atoms with Gasteiger partial charge in [-0.05, 0) is 28.8 Å². The SMILES string of the molecule is COC(=O)c1ccc(CNC(=O)c2cc(C(=O)O)n3ncnc3n2)cc1.Cl.NCc1cccc(CNc2c(N)c(=O)c2=O)c1. The molecule has 3 aromatic carbocycles. The Kier molecular flexibility index (Phi) is 10.8. The van der Waals surface area contributed by atoms with Crippen molar-refractivity contribution >= 4 is 47.4 Å².